The van der Waals surface area contributed by atoms with Crippen molar-refractivity contribution >= 4 is 29.9 Å². The number of guanidine groups is 1. The monoisotopic (exact) mass is 465 g/mol. The molecule has 2 N–H and O–H groups in total. The molecule has 0 aliphatic rings. The first-order chi connectivity index (χ1) is 11.4. The van der Waals surface area contributed by atoms with Crippen molar-refractivity contribution in [2.45, 2.75) is 79.2 Å². The summed E-state index contributed by atoms with van der Waals surface area (Å²) in [4.78, 5) is 9.04. The summed E-state index contributed by atoms with van der Waals surface area (Å²) < 4.78 is 5.26. The molecule has 0 bridgehead atoms. The molecule has 1 aromatic heterocycles. The van der Waals surface area contributed by atoms with Gasteiger partial charge in [-0.1, -0.05) is 32.9 Å². The van der Waals surface area contributed by atoms with E-state index in [0.717, 1.165) is 50.1 Å². The Labute approximate surface area is 170 Å². The summed E-state index contributed by atoms with van der Waals surface area (Å²) in [6, 6.07) is 0.426. The predicted molar refractivity (Wildman–Crippen MR) is 115 cm³/mol. The first-order valence-electron chi connectivity index (χ1n) is 9.29. The van der Waals surface area contributed by atoms with Crippen LogP contribution in [0.4, 0.5) is 0 Å². The highest BCUT2D eigenvalue weighted by Crippen LogP contribution is 2.10. The van der Waals surface area contributed by atoms with Gasteiger partial charge in [-0.25, -0.2) is 0 Å². The van der Waals surface area contributed by atoms with Crippen molar-refractivity contribution in [3.63, 3.8) is 0 Å². The lowest BCUT2D eigenvalue weighted by Crippen LogP contribution is -2.42. The van der Waals surface area contributed by atoms with Gasteiger partial charge in [-0.05, 0) is 39.0 Å². The molecule has 1 unspecified atom stereocenters. The Morgan fingerprint density at radius 1 is 1.16 bits per heavy atom. The van der Waals surface area contributed by atoms with Crippen molar-refractivity contribution in [2.75, 3.05) is 13.1 Å². The fraction of sp³-hybridized carbons (Fsp3) is 0.833. The molecular formula is C18H36IN5O. The normalized spacial score (nSPS) is 13.0. The van der Waals surface area contributed by atoms with E-state index in [4.69, 9.17) is 4.52 Å². The topological polar surface area (TPSA) is 75.3 Å². The van der Waals surface area contributed by atoms with Crippen LogP contribution >= 0.6 is 24.0 Å². The summed E-state index contributed by atoms with van der Waals surface area (Å²) in [7, 11) is 0. The highest BCUT2D eigenvalue weighted by Gasteiger charge is 2.09. The summed E-state index contributed by atoms with van der Waals surface area (Å²) in [6.45, 7) is 14.5. The number of nitrogens with zero attached hydrogens (tertiary/aromatic N) is 3. The molecule has 0 aliphatic heterocycles. The molecule has 0 saturated heterocycles. The first kappa shape index (κ1) is 24.1. The van der Waals surface area contributed by atoms with Gasteiger partial charge in [0.2, 0.25) is 5.89 Å². The second-order valence-corrected chi connectivity index (χ2v) is 7.08. The Balaban J connectivity index is 0.00000576. The van der Waals surface area contributed by atoms with Gasteiger partial charge < -0.3 is 15.2 Å². The number of nitrogens with one attached hydrogen (secondary N) is 2. The van der Waals surface area contributed by atoms with Gasteiger partial charge in [-0.2, -0.15) is 4.98 Å². The van der Waals surface area contributed by atoms with E-state index in [0.29, 0.717) is 17.9 Å². The largest absolute Gasteiger partial charge is 0.357 e. The lowest BCUT2D eigenvalue weighted by Gasteiger charge is -2.18. The van der Waals surface area contributed by atoms with E-state index in [9.17, 15) is 0 Å². The van der Waals surface area contributed by atoms with Crippen LogP contribution < -0.4 is 10.6 Å². The average Bonchev–Trinajstić information content (AvgIpc) is 2.99. The van der Waals surface area contributed by atoms with Crippen LogP contribution in [0.2, 0.25) is 0 Å². The SMILES string of the molecule is CCNC(=NCCCc1nc(C(C)C)no1)NC(C)CCC(C)C.I. The van der Waals surface area contributed by atoms with Crippen molar-refractivity contribution in [2.24, 2.45) is 10.9 Å². The third-order valence-electron chi connectivity index (χ3n) is 3.72. The molecule has 1 atom stereocenters. The predicted octanol–water partition coefficient (Wildman–Crippen LogP) is 4.12. The quantitative estimate of drug-likeness (QED) is 0.235. The second kappa shape index (κ2) is 13.4. The van der Waals surface area contributed by atoms with E-state index in [1.54, 1.807) is 0 Å². The molecule has 1 aromatic rings. The Morgan fingerprint density at radius 3 is 2.44 bits per heavy atom. The Kier molecular flexibility index (Phi) is 12.9. The maximum atomic E-state index is 5.26. The van der Waals surface area contributed by atoms with E-state index < -0.39 is 0 Å². The summed E-state index contributed by atoms with van der Waals surface area (Å²) in [5.41, 5.74) is 0. The van der Waals surface area contributed by atoms with Gasteiger partial charge in [-0.15, -0.1) is 24.0 Å². The molecule has 0 amide bonds. The number of halogens is 1. The molecule has 0 radical (unpaired) electrons. The Bertz CT molecular complexity index is 488. The van der Waals surface area contributed by atoms with Gasteiger partial charge >= 0.3 is 0 Å². The maximum absolute atomic E-state index is 5.26. The zero-order valence-corrected chi connectivity index (χ0v) is 19.0. The van der Waals surface area contributed by atoms with Crippen molar-refractivity contribution in [3.05, 3.63) is 11.7 Å². The van der Waals surface area contributed by atoms with Crippen molar-refractivity contribution in [1.29, 1.82) is 0 Å². The Hall–Kier alpha value is -0.860. The van der Waals surface area contributed by atoms with Gasteiger partial charge in [0.1, 0.15) is 0 Å². The molecule has 7 heteroatoms. The zero-order chi connectivity index (χ0) is 17.9. The highest BCUT2D eigenvalue weighted by atomic mass is 127. The third-order valence-corrected chi connectivity index (χ3v) is 3.72. The smallest absolute Gasteiger partial charge is 0.226 e. The van der Waals surface area contributed by atoms with Crippen molar-refractivity contribution < 1.29 is 4.52 Å². The minimum atomic E-state index is 0. The molecular weight excluding hydrogens is 429 g/mol. The zero-order valence-electron chi connectivity index (χ0n) is 16.6. The molecule has 0 aromatic carbocycles. The van der Waals surface area contributed by atoms with E-state index in [-0.39, 0.29) is 24.0 Å². The molecule has 6 nitrogen and oxygen atoms in total. The summed E-state index contributed by atoms with van der Waals surface area (Å²) >= 11 is 0. The molecule has 0 spiro atoms. The molecule has 25 heavy (non-hydrogen) atoms. The number of hydrogen-bond acceptors (Lipinski definition) is 4. The standard InChI is InChI=1S/C18H35N5O.HI/c1-7-19-18(21-15(6)11-10-13(2)3)20-12-8-9-16-22-17(14(4)5)23-24-16;/h13-15H,7-12H2,1-6H3,(H2,19,20,21);1H. The van der Waals surface area contributed by atoms with E-state index in [2.05, 4.69) is 67.3 Å². The minimum absolute atomic E-state index is 0. The van der Waals surface area contributed by atoms with E-state index in [1.807, 2.05) is 0 Å². The summed E-state index contributed by atoms with van der Waals surface area (Å²) in [5.74, 6) is 3.41. The van der Waals surface area contributed by atoms with Crippen LogP contribution in [-0.4, -0.2) is 35.2 Å². The number of rotatable bonds is 10. The third kappa shape index (κ3) is 10.7. The van der Waals surface area contributed by atoms with Gasteiger partial charge in [0.05, 0.1) is 0 Å². The van der Waals surface area contributed by atoms with Crippen LogP contribution in [0, 0.1) is 5.92 Å². The summed E-state index contributed by atoms with van der Waals surface area (Å²) in [6.07, 6.45) is 4.05. The highest BCUT2D eigenvalue weighted by molar-refractivity contribution is 14.0. The molecule has 0 aliphatic carbocycles. The van der Waals surface area contributed by atoms with E-state index >= 15 is 0 Å². The lowest BCUT2D eigenvalue weighted by molar-refractivity contribution is 0.369. The second-order valence-electron chi connectivity index (χ2n) is 7.08. The molecule has 146 valence electrons. The fourth-order valence-electron chi connectivity index (χ4n) is 2.23. The minimum Gasteiger partial charge on any atom is -0.357 e. The van der Waals surface area contributed by atoms with Crippen LogP contribution in [-0.2, 0) is 6.42 Å². The van der Waals surface area contributed by atoms with E-state index in [1.165, 1.54) is 6.42 Å². The van der Waals surface area contributed by atoms with Crippen LogP contribution in [0.15, 0.2) is 9.52 Å². The van der Waals surface area contributed by atoms with Gasteiger partial charge in [0, 0.05) is 31.5 Å². The first-order valence-corrected chi connectivity index (χ1v) is 9.29. The van der Waals surface area contributed by atoms with Crippen LogP contribution in [0.25, 0.3) is 0 Å². The van der Waals surface area contributed by atoms with Gasteiger partial charge in [0.25, 0.3) is 0 Å². The maximum Gasteiger partial charge on any atom is 0.226 e. The number of hydrogen-bond donors (Lipinski definition) is 2. The summed E-state index contributed by atoms with van der Waals surface area (Å²) in [5, 5.41) is 10.8. The van der Waals surface area contributed by atoms with Gasteiger partial charge in [-0.3, -0.25) is 4.99 Å². The molecule has 1 heterocycles. The molecule has 0 fully saturated rings. The fourth-order valence-corrected chi connectivity index (χ4v) is 2.23. The number of aromatic nitrogens is 2. The van der Waals surface area contributed by atoms with Gasteiger partial charge in [0.15, 0.2) is 11.8 Å². The number of aliphatic imine (C=N–C) groups is 1. The molecule has 0 saturated carbocycles. The molecule has 1 rings (SSSR count). The Morgan fingerprint density at radius 2 is 1.88 bits per heavy atom. The number of aryl methyl sites for hydroxylation is 1. The van der Waals surface area contributed by atoms with Crippen molar-refractivity contribution in [3.8, 4) is 0 Å². The average molecular weight is 465 g/mol. The van der Waals surface area contributed by atoms with Crippen LogP contribution in [0.1, 0.15) is 78.4 Å². The van der Waals surface area contributed by atoms with Crippen LogP contribution in [0.3, 0.4) is 0 Å². The van der Waals surface area contributed by atoms with Crippen LogP contribution in [0.5, 0.6) is 0 Å². The lowest BCUT2D eigenvalue weighted by atomic mass is 10.0. The van der Waals surface area contributed by atoms with Crippen molar-refractivity contribution in [1.82, 2.24) is 20.8 Å².